The third kappa shape index (κ3) is 7.06. The molecule has 0 radical (unpaired) electrons. The molecule has 0 spiro atoms. The summed E-state index contributed by atoms with van der Waals surface area (Å²) in [5, 5.41) is 2.22. The van der Waals surface area contributed by atoms with Crippen molar-refractivity contribution in [2.75, 3.05) is 6.26 Å². The van der Waals surface area contributed by atoms with Crippen molar-refractivity contribution in [3.63, 3.8) is 0 Å². The van der Waals surface area contributed by atoms with E-state index in [1.165, 1.54) is 126 Å². The Balaban J connectivity index is 1.54. The van der Waals surface area contributed by atoms with Gasteiger partial charge in [-0.15, -0.1) is 34.4 Å². The van der Waals surface area contributed by atoms with Crippen LogP contribution in [0, 0.1) is 0 Å². The lowest BCUT2D eigenvalue weighted by molar-refractivity contribution is 0.398. The monoisotopic (exact) mass is 600 g/mol. The van der Waals surface area contributed by atoms with E-state index in [1.54, 1.807) is 11.1 Å². The van der Waals surface area contributed by atoms with Gasteiger partial charge in [-0.3, -0.25) is 0 Å². The molecule has 218 valence electrons. The largest absolute Gasteiger partial charge is 0.144 e. The van der Waals surface area contributed by atoms with E-state index in [1.807, 2.05) is 34.4 Å². The SMILES string of the molecule is CCCCCCCCC1(CCCCCCCC)c2cc(-c3cccs3)ccc2-c2ccc(-c3ccc(SC)s3)cc21. The lowest BCUT2D eigenvalue weighted by atomic mass is 9.70. The first-order chi connectivity index (χ1) is 20.2. The van der Waals surface area contributed by atoms with Gasteiger partial charge in [0.2, 0.25) is 0 Å². The highest BCUT2D eigenvalue weighted by atomic mass is 32.2. The number of hydrogen-bond donors (Lipinski definition) is 0. The second-order valence-electron chi connectivity index (χ2n) is 11.9. The lowest BCUT2D eigenvalue weighted by Gasteiger charge is -2.33. The highest BCUT2D eigenvalue weighted by Crippen LogP contribution is 2.56. The van der Waals surface area contributed by atoms with Crippen LogP contribution in [0.4, 0.5) is 0 Å². The molecule has 0 saturated carbocycles. The summed E-state index contributed by atoms with van der Waals surface area (Å²) in [6, 6.07) is 24.0. The van der Waals surface area contributed by atoms with Crippen LogP contribution in [0.15, 0.2) is 70.3 Å². The van der Waals surface area contributed by atoms with E-state index in [4.69, 9.17) is 0 Å². The molecule has 2 heterocycles. The van der Waals surface area contributed by atoms with E-state index >= 15 is 0 Å². The molecule has 0 unspecified atom stereocenters. The van der Waals surface area contributed by atoms with Gasteiger partial charge >= 0.3 is 0 Å². The van der Waals surface area contributed by atoms with Crippen LogP contribution in [0.1, 0.15) is 115 Å². The van der Waals surface area contributed by atoms with Gasteiger partial charge in [0, 0.05) is 15.2 Å². The van der Waals surface area contributed by atoms with E-state index in [-0.39, 0.29) is 5.41 Å². The predicted octanol–water partition coefficient (Wildman–Crippen LogP) is 13.6. The van der Waals surface area contributed by atoms with Gasteiger partial charge in [-0.2, -0.15) is 0 Å². The Morgan fingerprint density at radius 1 is 0.610 bits per heavy atom. The molecule has 4 aromatic rings. The van der Waals surface area contributed by atoms with Gasteiger partial charge in [-0.1, -0.05) is 121 Å². The normalized spacial score (nSPS) is 13.4. The molecule has 0 atom stereocenters. The smallest absolute Gasteiger partial charge is 0.0602 e. The Hall–Kier alpha value is -1.81. The zero-order chi connectivity index (χ0) is 28.5. The molecule has 3 heteroatoms. The van der Waals surface area contributed by atoms with E-state index in [2.05, 4.69) is 86.1 Å². The molecule has 0 bridgehead atoms. The molecule has 1 aliphatic rings. The van der Waals surface area contributed by atoms with Crippen molar-refractivity contribution in [3.8, 4) is 32.0 Å². The summed E-state index contributed by atoms with van der Waals surface area (Å²) in [5.74, 6) is 0. The Kier molecular flexibility index (Phi) is 11.3. The average molecular weight is 601 g/mol. The summed E-state index contributed by atoms with van der Waals surface area (Å²) in [6.45, 7) is 4.64. The minimum Gasteiger partial charge on any atom is -0.144 e. The number of unbranched alkanes of at least 4 members (excludes halogenated alkanes) is 10. The van der Waals surface area contributed by atoms with Crippen LogP contribution in [-0.4, -0.2) is 6.26 Å². The van der Waals surface area contributed by atoms with E-state index in [9.17, 15) is 0 Å². The third-order valence-electron chi connectivity index (χ3n) is 9.15. The first-order valence-electron chi connectivity index (χ1n) is 16.2. The van der Waals surface area contributed by atoms with Crippen LogP contribution < -0.4 is 0 Å². The van der Waals surface area contributed by atoms with Crippen molar-refractivity contribution >= 4 is 34.4 Å². The summed E-state index contributed by atoms with van der Waals surface area (Å²) in [4.78, 5) is 2.79. The molecule has 0 fully saturated rings. The third-order valence-corrected chi connectivity index (χ3v) is 12.3. The van der Waals surface area contributed by atoms with E-state index < -0.39 is 0 Å². The number of fused-ring (bicyclic) bond motifs is 3. The number of thiophene rings is 2. The van der Waals surface area contributed by atoms with Gasteiger partial charge in [0.05, 0.1) is 4.21 Å². The highest BCUT2D eigenvalue weighted by molar-refractivity contribution is 8.00. The van der Waals surface area contributed by atoms with Gasteiger partial charge in [0.1, 0.15) is 0 Å². The topological polar surface area (TPSA) is 0 Å². The fourth-order valence-corrected chi connectivity index (χ4v) is 9.17. The molecular weight excluding hydrogens is 553 g/mol. The first kappa shape index (κ1) is 30.6. The van der Waals surface area contributed by atoms with E-state index in [0.717, 1.165) is 0 Å². The van der Waals surface area contributed by atoms with Crippen molar-refractivity contribution in [2.45, 2.75) is 113 Å². The Morgan fingerprint density at radius 2 is 1.17 bits per heavy atom. The number of thioether (sulfide) groups is 1. The molecule has 0 nitrogen and oxygen atoms in total. The van der Waals surface area contributed by atoms with Gasteiger partial charge in [0.15, 0.2) is 0 Å². The van der Waals surface area contributed by atoms with Crippen molar-refractivity contribution in [3.05, 3.63) is 77.2 Å². The summed E-state index contributed by atoms with van der Waals surface area (Å²) in [6.07, 6.45) is 21.0. The number of rotatable bonds is 17. The van der Waals surface area contributed by atoms with Gasteiger partial charge < -0.3 is 0 Å². The Labute approximate surface area is 262 Å². The summed E-state index contributed by atoms with van der Waals surface area (Å²) < 4.78 is 1.40. The van der Waals surface area contributed by atoms with Crippen LogP contribution in [0.3, 0.4) is 0 Å². The average Bonchev–Trinajstić information content (AvgIpc) is 3.76. The molecule has 2 aromatic carbocycles. The minimum absolute atomic E-state index is 0.114. The lowest BCUT2D eigenvalue weighted by Crippen LogP contribution is -2.25. The van der Waals surface area contributed by atoms with Crippen LogP contribution >= 0.6 is 34.4 Å². The molecule has 0 saturated heterocycles. The standard InChI is InChI=1S/C38H48S3/c1-4-6-8-10-12-14-24-38(25-15-13-11-9-7-5-2)33-27-29(35-17-16-26-40-35)18-20-31(33)32-21-19-30(28-34(32)38)36-22-23-37(39-3)41-36/h16-23,26-28H,4-15,24-25H2,1-3H3. The first-order valence-corrected chi connectivity index (χ1v) is 19.1. The fourth-order valence-electron chi connectivity index (χ4n) is 6.91. The van der Waals surface area contributed by atoms with Crippen LogP contribution in [0.25, 0.3) is 32.0 Å². The van der Waals surface area contributed by atoms with Crippen molar-refractivity contribution in [2.24, 2.45) is 0 Å². The number of hydrogen-bond acceptors (Lipinski definition) is 3. The Morgan fingerprint density at radius 3 is 1.68 bits per heavy atom. The summed E-state index contributed by atoms with van der Waals surface area (Å²) in [5.41, 5.74) is 9.09. The van der Waals surface area contributed by atoms with E-state index in [0.29, 0.717) is 0 Å². The van der Waals surface area contributed by atoms with Gasteiger partial charge in [-0.25, -0.2) is 0 Å². The summed E-state index contributed by atoms with van der Waals surface area (Å²) in [7, 11) is 0. The highest BCUT2D eigenvalue weighted by Gasteiger charge is 2.42. The minimum atomic E-state index is 0.114. The van der Waals surface area contributed by atoms with Gasteiger partial charge in [-0.05, 0) is 88.2 Å². The van der Waals surface area contributed by atoms with Crippen molar-refractivity contribution in [1.29, 1.82) is 0 Å². The Bertz CT molecular complexity index is 1340. The maximum atomic E-state index is 2.60. The quantitative estimate of drug-likeness (QED) is 0.0858. The molecule has 5 rings (SSSR count). The molecule has 1 aliphatic carbocycles. The van der Waals surface area contributed by atoms with Crippen LogP contribution in [0.2, 0.25) is 0 Å². The molecule has 41 heavy (non-hydrogen) atoms. The zero-order valence-corrected chi connectivity index (χ0v) is 27.9. The molecule has 0 N–H and O–H groups in total. The van der Waals surface area contributed by atoms with Crippen LogP contribution in [-0.2, 0) is 5.41 Å². The number of benzene rings is 2. The molecule has 0 aliphatic heterocycles. The maximum Gasteiger partial charge on any atom is 0.0602 e. The van der Waals surface area contributed by atoms with Crippen molar-refractivity contribution < 1.29 is 0 Å². The fraction of sp³-hybridized carbons (Fsp3) is 0.474. The second kappa shape index (κ2) is 15.1. The molecular formula is C38H48S3. The molecule has 0 amide bonds. The predicted molar refractivity (Wildman–Crippen MR) is 187 cm³/mol. The second-order valence-corrected chi connectivity index (χ2v) is 15.1. The maximum absolute atomic E-state index is 2.60. The molecule has 2 aromatic heterocycles. The summed E-state index contributed by atoms with van der Waals surface area (Å²) >= 11 is 5.66. The van der Waals surface area contributed by atoms with Gasteiger partial charge in [0.25, 0.3) is 0 Å². The van der Waals surface area contributed by atoms with Crippen LogP contribution in [0.5, 0.6) is 0 Å². The van der Waals surface area contributed by atoms with Crippen molar-refractivity contribution in [1.82, 2.24) is 0 Å². The zero-order valence-electron chi connectivity index (χ0n) is 25.5.